The van der Waals surface area contributed by atoms with Crippen LogP contribution in [0.2, 0.25) is 10.0 Å². The molecule has 3 aromatic rings. The molecule has 2 N–H and O–H groups in total. The molecule has 0 aliphatic carbocycles. The molecule has 0 saturated heterocycles. The summed E-state index contributed by atoms with van der Waals surface area (Å²) in [6.07, 6.45) is 0.792. The van der Waals surface area contributed by atoms with E-state index in [1.165, 1.54) is 5.56 Å². The van der Waals surface area contributed by atoms with Gasteiger partial charge in [0.25, 0.3) is 0 Å². The van der Waals surface area contributed by atoms with Gasteiger partial charge in [0.1, 0.15) is 0 Å². The second-order valence-electron chi connectivity index (χ2n) is 6.21. The summed E-state index contributed by atoms with van der Waals surface area (Å²) >= 11 is 12.0. The van der Waals surface area contributed by atoms with Crippen LogP contribution in [-0.2, 0) is 11.2 Å². The van der Waals surface area contributed by atoms with Gasteiger partial charge in [0.2, 0.25) is 5.91 Å². The molecule has 0 bridgehead atoms. The highest BCUT2D eigenvalue weighted by molar-refractivity contribution is 6.36. The lowest BCUT2D eigenvalue weighted by Gasteiger charge is -2.19. The highest BCUT2D eigenvalue weighted by Gasteiger charge is 2.14. The van der Waals surface area contributed by atoms with Gasteiger partial charge in [-0.3, -0.25) is 4.79 Å². The smallest absolute Gasteiger partial charge is 0.238 e. The van der Waals surface area contributed by atoms with Crippen LogP contribution in [0.25, 0.3) is 0 Å². The van der Waals surface area contributed by atoms with Crippen LogP contribution < -0.4 is 10.6 Å². The van der Waals surface area contributed by atoms with Crippen molar-refractivity contribution in [2.24, 2.45) is 0 Å². The van der Waals surface area contributed by atoms with Crippen LogP contribution in [0.15, 0.2) is 78.9 Å². The third-order valence-electron chi connectivity index (χ3n) is 4.20. The van der Waals surface area contributed by atoms with Gasteiger partial charge in [-0.2, -0.15) is 0 Å². The molecule has 0 radical (unpaired) electrons. The van der Waals surface area contributed by atoms with Crippen molar-refractivity contribution < 1.29 is 4.79 Å². The van der Waals surface area contributed by atoms with Crippen molar-refractivity contribution >= 4 is 34.8 Å². The van der Waals surface area contributed by atoms with Crippen LogP contribution in [-0.4, -0.2) is 12.5 Å². The van der Waals surface area contributed by atoms with Gasteiger partial charge in [-0.05, 0) is 35.7 Å². The fraction of sp³-hybridized carbons (Fsp3) is 0.136. The summed E-state index contributed by atoms with van der Waals surface area (Å²) in [5.41, 5.74) is 2.89. The van der Waals surface area contributed by atoms with Crippen LogP contribution in [0.4, 0.5) is 5.69 Å². The molecule has 138 valence electrons. The Morgan fingerprint density at radius 2 is 1.56 bits per heavy atom. The molecule has 3 rings (SSSR count). The summed E-state index contributed by atoms with van der Waals surface area (Å²) in [5.74, 6) is -0.159. The molecule has 1 unspecified atom stereocenters. The average molecular weight is 399 g/mol. The molecule has 3 aromatic carbocycles. The van der Waals surface area contributed by atoms with Crippen LogP contribution >= 0.6 is 23.2 Å². The molecular formula is C22H20Cl2N2O. The minimum absolute atomic E-state index is 0.0278. The third-order valence-corrected chi connectivity index (χ3v) is 4.75. The highest BCUT2D eigenvalue weighted by Crippen LogP contribution is 2.25. The molecule has 1 amide bonds. The predicted octanol–water partition coefficient (Wildman–Crippen LogP) is 5.51. The first kappa shape index (κ1) is 19.4. The summed E-state index contributed by atoms with van der Waals surface area (Å²) in [7, 11) is 0. The van der Waals surface area contributed by atoms with Gasteiger partial charge < -0.3 is 10.6 Å². The molecule has 5 heteroatoms. The number of amides is 1. The van der Waals surface area contributed by atoms with Crippen molar-refractivity contribution in [2.75, 3.05) is 11.9 Å². The minimum atomic E-state index is -0.159. The van der Waals surface area contributed by atoms with Gasteiger partial charge in [-0.25, -0.2) is 0 Å². The van der Waals surface area contributed by atoms with Gasteiger partial charge in [-0.15, -0.1) is 0 Å². The first-order chi connectivity index (χ1) is 13.1. The monoisotopic (exact) mass is 398 g/mol. The van der Waals surface area contributed by atoms with Crippen molar-refractivity contribution in [3.8, 4) is 0 Å². The zero-order chi connectivity index (χ0) is 19.1. The Morgan fingerprint density at radius 1 is 0.889 bits per heavy atom. The molecule has 0 fully saturated rings. The van der Waals surface area contributed by atoms with E-state index in [9.17, 15) is 4.79 Å². The quantitative estimate of drug-likeness (QED) is 0.551. The number of rotatable bonds is 7. The van der Waals surface area contributed by atoms with E-state index in [2.05, 4.69) is 34.9 Å². The highest BCUT2D eigenvalue weighted by atomic mass is 35.5. The second-order valence-corrected chi connectivity index (χ2v) is 7.05. The fourth-order valence-corrected chi connectivity index (χ4v) is 3.30. The largest absolute Gasteiger partial charge is 0.324 e. The van der Waals surface area contributed by atoms with Gasteiger partial charge in [0.05, 0.1) is 17.3 Å². The van der Waals surface area contributed by atoms with E-state index >= 15 is 0 Å². The van der Waals surface area contributed by atoms with Crippen LogP contribution in [0.1, 0.15) is 17.2 Å². The lowest BCUT2D eigenvalue weighted by atomic mass is 9.99. The minimum Gasteiger partial charge on any atom is -0.324 e. The van der Waals surface area contributed by atoms with E-state index in [-0.39, 0.29) is 18.5 Å². The van der Waals surface area contributed by atoms with Crippen LogP contribution in [0.5, 0.6) is 0 Å². The Kier molecular flexibility index (Phi) is 6.88. The van der Waals surface area contributed by atoms with Crippen molar-refractivity contribution in [1.82, 2.24) is 5.32 Å². The number of carbonyl (C=O) groups is 1. The standard InChI is InChI=1S/C22H20Cl2N2O/c23-18-11-12-20(19(24)14-18)26-22(27)15-25-21(17-9-5-2-6-10-17)13-16-7-3-1-4-8-16/h1-12,14,21,25H,13,15H2,(H,26,27). The topological polar surface area (TPSA) is 41.1 Å². The molecule has 0 heterocycles. The van der Waals surface area contributed by atoms with Gasteiger partial charge in [0, 0.05) is 11.1 Å². The van der Waals surface area contributed by atoms with Crippen LogP contribution in [0.3, 0.4) is 0 Å². The third kappa shape index (κ3) is 5.83. The van der Waals surface area contributed by atoms with E-state index < -0.39 is 0 Å². The Labute approximate surface area is 169 Å². The zero-order valence-electron chi connectivity index (χ0n) is 14.7. The maximum atomic E-state index is 12.4. The molecule has 27 heavy (non-hydrogen) atoms. The first-order valence-electron chi connectivity index (χ1n) is 8.69. The van der Waals surface area contributed by atoms with Crippen molar-refractivity contribution in [3.63, 3.8) is 0 Å². The lowest BCUT2D eigenvalue weighted by Crippen LogP contribution is -2.32. The average Bonchev–Trinajstić information content (AvgIpc) is 2.69. The molecule has 3 nitrogen and oxygen atoms in total. The summed E-state index contributed by atoms with van der Waals surface area (Å²) in [5, 5.41) is 7.12. The summed E-state index contributed by atoms with van der Waals surface area (Å²) < 4.78 is 0. The number of benzene rings is 3. The van der Waals surface area contributed by atoms with Gasteiger partial charge in [-0.1, -0.05) is 83.9 Å². The lowest BCUT2D eigenvalue weighted by molar-refractivity contribution is -0.115. The molecule has 0 aliphatic rings. The Morgan fingerprint density at radius 3 is 2.22 bits per heavy atom. The fourth-order valence-electron chi connectivity index (χ4n) is 2.84. The van der Waals surface area contributed by atoms with Crippen molar-refractivity contribution in [2.45, 2.75) is 12.5 Å². The van der Waals surface area contributed by atoms with E-state index in [0.29, 0.717) is 15.7 Å². The Bertz CT molecular complexity index is 885. The molecule has 0 aliphatic heterocycles. The Hall–Kier alpha value is -2.33. The molecule has 1 atom stereocenters. The molecule has 0 saturated carbocycles. The molecular weight excluding hydrogens is 379 g/mol. The number of halogens is 2. The molecule has 0 spiro atoms. The number of nitrogens with one attached hydrogen (secondary N) is 2. The number of carbonyl (C=O) groups excluding carboxylic acids is 1. The number of hydrogen-bond acceptors (Lipinski definition) is 2. The normalized spacial score (nSPS) is 11.8. The summed E-state index contributed by atoms with van der Waals surface area (Å²) in [6.45, 7) is 0.172. The van der Waals surface area contributed by atoms with Gasteiger partial charge in [0.15, 0.2) is 0 Å². The van der Waals surface area contributed by atoms with E-state index in [0.717, 1.165) is 12.0 Å². The van der Waals surface area contributed by atoms with E-state index in [1.807, 2.05) is 36.4 Å². The van der Waals surface area contributed by atoms with Crippen molar-refractivity contribution in [3.05, 3.63) is 100 Å². The van der Waals surface area contributed by atoms with Crippen molar-refractivity contribution in [1.29, 1.82) is 0 Å². The van der Waals surface area contributed by atoms with Gasteiger partial charge >= 0.3 is 0 Å². The van der Waals surface area contributed by atoms with Crippen LogP contribution in [0, 0.1) is 0 Å². The van der Waals surface area contributed by atoms with E-state index in [4.69, 9.17) is 23.2 Å². The second kappa shape index (κ2) is 9.56. The summed E-state index contributed by atoms with van der Waals surface area (Å²) in [6, 6.07) is 25.4. The maximum absolute atomic E-state index is 12.4. The number of hydrogen-bond donors (Lipinski definition) is 2. The first-order valence-corrected chi connectivity index (χ1v) is 9.44. The summed E-state index contributed by atoms with van der Waals surface area (Å²) in [4.78, 5) is 12.4. The SMILES string of the molecule is O=C(CNC(Cc1ccccc1)c1ccccc1)Nc1ccc(Cl)cc1Cl. The number of anilines is 1. The maximum Gasteiger partial charge on any atom is 0.238 e. The van der Waals surface area contributed by atoms with E-state index in [1.54, 1.807) is 18.2 Å². The molecule has 0 aromatic heterocycles. The Balaban J connectivity index is 1.66. The predicted molar refractivity (Wildman–Crippen MR) is 112 cm³/mol. The zero-order valence-corrected chi connectivity index (χ0v) is 16.2.